The molecule has 1 N–H and O–H groups in total. The summed E-state index contributed by atoms with van der Waals surface area (Å²) in [6.07, 6.45) is 0. The zero-order valence-corrected chi connectivity index (χ0v) is 14.2. The maximum absolute atomic E-state index is 12.4. The van der Waals surface area contributed by atoms with Gasteiger partial charge in [-0.1, -0.05) is 36.4 Å². The van der Waals surface area contributed by atoms with E-state index in [1.54, 1.807) is 13.2 Å². The van der Waals surface area contributed by atoms with E-state index in [0.717, 1.165) is 22.7 Å². The molecule has 0 saturated heterocycles. The van der Waals surface area contributed by atoms with Gasteiger partial charge in [0.05, 0.1) is 12.5 Å². The van der Waals surface area contributed by atoms with Crippen LogP contribution in [0.2, 0.25) is 0 Å². The molecular weight excluding hydrogens is 326 g/mol. The van der Waals surface area contributed by atoms with Crippen molar-refractivity contribution in [3.63, 3.8) is 0 Å². The predicted molar refractivity (Wildman–Crippen MR) is 104 cm³/mol. The van der Waals surface area contributed by atoms with Crippen molar-refractivity contribution in [2.75, 3.05) is 12.4 Å². The monoisotopic (exact) mass is 343 g/mol. The molecule has 4 rings (SSSR count). The third-order valence-corrected chi connectivity index (χ3v) is 4.15. The first kappa shape index (κ1) is 16.0. The predicted octanol–water partition coefficient (Wildman–Crippen LogP) is 5.21. The van der Waals surface area contributed by atoms with Crippen LogP contribution in [-0.2, 0) is 0 Å². The second kappa shape index (κ2) is 6.76. The van der Waals surface area contributed by atoms with Crippen LogP contribution in [0.1, 0.15) is 0 Å². The van der Waals surface area contributed by atoms with Crippen molar-refractivity contribution in [2.45, 2.75) is 0 Å². The fraction of sp³-hybridized carbons (Fsp3) is 0.0455. The lowest BCUT2D eigenvalue weighted by Gasteiger charge is -2.09. The van der Waals surface area contributed by atoms with Crippen molar-refractivity contribution in [1.29, 1.82) is 0 Å². The standard InChI is InChI=1S/C22H17NO3/c1-25-18-9-5-8-16(12-18)23-17-10-11-19-20(24)14-21(26-22(19)13-17)15-6-3-2-4-7-15/h2-14,23H,1H3. The Labute approximate surface area is 150 Å². The van der Waals surface area contributed by atoms with Crippen LogP contribution in [-0.4, -0.2) is 7.11 Å². The average molecular weight is 343 g/mol. The van der Waals surface area contributed by atoms with E-state index in [1.165, 1.54) is 6.07 Å². The van der Waals surface area contributed by atoms with Crippen LogP contribution in [0.15, 0.2) is 88.1 Å². The minimum absolute atomic E-state index is 0.0574. The largest absolute Gasteiger partial charge is 0.497 e. The van der Waals surface area contributed by atoms with Crippen molar-refractivity contribution < 1.29 is 9.15 Å². The Hall–Kier alpha value is -3.53. The van der Waals surface area contributed by atoms with E-state index in [0.29, 0.717) is 16.7 Å². The Morgan fingerprint density at radius 3 is 2.46 bits per heavy atom. The fourth-order valence-electron chi connectivity index (χ4n) is 2.85. The second-order valence-electron chi connectivity index (χ2n) is 5.91. The lowest BCUT2D eigenvalue weighted by atomic mass is 10.1. The Bertz CT molecular complexity index is 1120. The number of hydrogen-bond donors (Lipinski definition) is 1. The summed E-state index contributed by atoms with van der Waals surface area (Å²) in [6.45, 7) is 0. The van der Waals surface area contributed by atoms with Gasteiger partial charge in [-0.15, -0.1) is 0 Å². The third-order valence-electron chi connectivity index (χ3n) is 4.15. The lowest BCUT2D eigenvalue weighted by molar-refractivity contribution is 0.415. The smallest absolute Gasteiger partial charge is 0.193 e. The van der Waals surface area contributed by atoms with Gasteiger partial charge >= 0.3 is 0 Å². The highest BCUT2D eigenvalue weighted by Crippen LogP contribution is 2.26. The van der Waals surface area contributed by atoms with E-state index in [1.807, 2.05) is 66.7 Å². The lowest BCUT2D eigenvalue weighted by Crippen LogP contribution is -2.01. The normalized spacial score (nSPS) is 10.7. The van der Waals surface area contributed by atoms with Crippen molar-refractivity contribution in [3.8, 4) is 17.1 Å². The summed E-state index contributed by atoms with van der Waals surface area (Å²) in [5.74, 6) is 1.33. The molecule has 0 aliphatic heterocycles. The Morgan fingerprint density at radius 2 is 1.65 bits per heavy atom. The molecule has 0 radical (unpaired) electrons. The molecule has 0 amide bonds. The molecule has 4 nitrogen and oxygen atoms in total. The van der Waals surface area contributed by atoms with Crippen LogP contribution in [0, 0.1) is 0 Å². The van der Waals surface area contributed by atoms with Crippen LogP contribution in [0.5, 0.6) is 5.75 Å². The van der Waals surface area contributed by atoms with Crippen LogP contribution in [0.3, 0.4) is 0 Å². The Morgan fingerprint density at radius 1 is 0.846 bits per heavy atom. The molecule has 4 aromatic rings. The van der Waals surface area contributed by atoms with Gasteiger partial charge in [-0.25, -0.2) is 0 Å². The van der Waals surface area contributed by atoms with Gasteiger partial charge in [-0.3, -0.25) is 4.79 Å². The molecular formula is C22H17NO3. The van der Waals surface area contributed by atoms with Gasteiger partial charge in [-0.05, 0) is 24.3 Å². The zero-order valence-electron chi connectivity index (χ0n) is 14.2. The van der Waals surface area contributed by atoms with E-state index in [-0.39, 0.29) is 5.43 Å². The quantitative estimate of drug-likeness (QED) is 0.552. The number of ether oxygens (including phenoxy) is 1. The van der Waals surface area contributed by atoms with Crippen molar-refractivity contribution in [2.24, 2.45) is 0 Å². The summed E-state index contributed by atoms with van der Waals surface area (Å²) in [5.41, 5.74) is 3.09. The van der Waals surface area contributed by atoms with E-state index < -0.39 is 0 Å². The van der Waals surface area contributed by atoms with Gasteiger partial charge in [0, 0.05) is 35.1 Å². The number of rotatable bonds is 4. The first-order valence-corrected chi connectivity index (χ1v) is 8.27. The first-order valence-electron chi connectivity index (χ1n) is 8.27. The number of hydrogen-bond acceptors (Lipinski definition) is 4. The Kier molecular flexibility index (Phi) is 4.15. The minimum Gasteiger partial charge on any atom is -0.497 e. The number of benzene rings is 3. The maximum Gasteiger partial charge on any atom is 0.193 e. The molecule has 0 aliphatic carbocycles. The third kappa shape index (κ3) is 3.17. The molecule has 0 aliphatic rings. The summed E-state index contributed by atoms with van der Waals surface area (Å²) in [4.78, 5) is 12.4. The topological polar surface area (TPSA) is 51.5 Å². The Balaban J connectivity index is 1.75. The second-order valence-corrected chi connectivity index (χ2v) is 5.91. The van der Waals surface area contributed by atoms with Crippen LogP contribution >= 0.6 is 0 Å². The number of fused-ring (bicyclic) bond motifs is 1. The first-order chi connectivity index (χ1) is 12.7. The zero-order chi connectivity index (χ0) is 17.9. The number of anilines is 2. The summed E-state index contributed by atoms with van der Waals surface area (Å²) >= 11 is 0. The molecule has 0 spiro atoms. The van der Waals surface area contributed by atoms with Crippen LogP contribution in [0.4, 0.5) is 11.4 Å². The molecule has 0 atom stereocenters. The van der Waals surface area contributed by atoms with Gasteiger partial charge in [0.1, 0.15) is 17.1 Å². The molecule has 26 heavy (non-hydrogen) atoms. The van der Waals surface area contributed by atoms with E-state index in [4.69, 9.17) is 9.15 Å². The van der Waals surface area contributed by atoms with Crippen LogP contribution in [0.25, 0.3) is 22.3 Å². The summed E-state index contributed by atoms with van der Waals surface area (Å²) in [6, 6.07) is 24.3. The molecule has 3 aromatic carbocycles. The van der Waals surface area contributed by atoms with Gasteiger partial charge in [0.25, 0.3) is 0 Å². The van der Waals surface area contributed by atoms with Crippen molar-refractivity contribution in [3.05, 3.63) is 89.1 Å². The van der Waals surface area contributed by atoms with Crippen molar-refractivity contribution in [1.82, 2.24) is 0 Å². The highest BCUT2D eigenvalue weighted by molar-refractivity contribution is 5.83. The molecule has 4 heteroatoms. The highest BCUT2D eigenvalue weighted by Gasteiger charge is 2.08. The minimum atomic E-state index is -0.0574. The van der Waals surface area contributed by atoms with Gasteiger partial charge in [0.2, 0.25) is 0 Å². The molecule has 0 unspecified atom stereocenters. The highest BCUT2D eigenvalue weighted by atomic mass is 16.5. The van der Waals surface area contributed by atoms with E-state index in [9.17, 15) is 4.79 Å². The molecule has 1 heterocycles. The maximum atomic E-state index is 12.4. The van der Waals surface area contributed by atoms with Crippen molar-refractivity contribution >= 4 is 22.3 Å². The summed E-state index contributed by atoms with van der Waals surface area (Å²) in [7, 11) is 1.63. The van der Waals surface area contributed by atoms with Gasteiger partial charge in [-0.2, -0.15) is 0 Å². The average Bonchev–Trinajstić information content (AvgIpc) is 2.68. The van der Waals surface area contributed by atoms with Crippen LogP contribution < -0.4 is 15.5 Å². The van der Waals surface area contributed by atoms with Gasteiger partial charge < -0.3 is 14.5 Å². The number of methoxy groups -OCH3 is 1. The number of nitrogens with one attached hydrogen (secondary N) is 1. The molecule has 0 bridgehead atoms. The molecule has 128 valence electrons. The SMILES string of the molecule is COc1cccc(Nc2ccc3c(=O)cc(-c4ccccc4)oc3c2)c1. The fourth-order valence-corrected chi connectivity index (χ4v) is 2.85. The van der Waals surface area contributed by atoms with E-state index >= 15 is 0 Å². The van der Waals surface area contributed by atoms with E-state index in [2.05, 4.69) is 5.32 Å². The molecule has 1 aromatic heterocycles. The summed E-state index contributed by atoms with van der Waals surface area (Å²) in [5, 5.41) is 3.86. The summed E-state index contributed by atoms with van der Waals surface area (Å²) < 4.78 is 11.2. The van der Waals surface area contributed by atoms with Gasteiger partial charge in [0.15, 0.2) is 5.43 Å². The molecule has 0 fully saturated rings. The molecule has 0 saturated carbocycles.